The molecule has 0 spiro atoms. The lowest BCUT2D eigenvalue weighted by molar-refractivity contribution is -0.355. The summed E-state index contributed by atoms with van der Waals surface area (Å²) in [7, 11) is 0. The summed E-state index contributed by atoms with van der Waals surface area (Å²) >= 11 is 14.8. The molecule has 1 unspecified atom stereocenters. The lowest BCUT2D eigenvalue weighted by atomic mass is 9.97. The predicted molar refractivity (Wildman–Crippen MR) is 98.1 cm³/mol. The molecular formula is C14H24Cl3NO12. The van der Waals surface area contributed by atoms with Crippen LogP contribution in [0, 0.1) is 0 Å². The van der Waals surface area contributed by atoms with E-state index in [1.54, 1.807) is 0 Å². The van der Waals surface area contributed by atoms with Crippen molar-refractivity contribution in [3.63, 3.8) is 0 Å². The van der Waals surface area contributed by atoms with Gasteiger partial charge in [0.25, 0.3) is 9.70 Å². The molecule has 16 heteroatoms. The number of hydrogen-bond acceptors (Lipinski definition) is 12. The zero-order chi connectivity index (χ0) is 23.4. The van der Waals surface area contributed by atoms with Crippen molar-refractivity contribution in [2.45, 2.75) is 65.2 Å². The van der Waals surface area contributed by atoms with Gasteiger partial charge in [0, 0.05) is 0 Å². The number of ether oxygens (including phenoxy) is 3. The van der Waals surface area contributed by atoms with Crippen LogP contribution in [0.5, 0.6) is 0 Å². The molecule has 2 heterocycles. The third-order valence-electron chi connectivity index (χ3n) is 4.26. The van der Waals surface area contributed by atoms with Gasteiger partial charge in [-0.15, -0.1) is 0 Å². The highest BCUT2D eigenvalue weighted by Gasteiger charge is 2.50. The van der Waals surface area contributed by atoms with E-state index in [-0.39, 0.29) is 0 Å². The van der Waals surface area contributed by atoms with Crippen molar-refractivity contribution in [1.29, 1.82) is 0 Å². The molecule has 13 nitrogen and oxygen atoms in total. The topological polar surface area (TPSA) is 233 Å². The van der Waals surface area contributed by atoms with Crippen LogP contribution in [0.2, 0.25) is 0 Å². The Kier molecular flexibility index (Phi) is 10.9. The molecule has 2 fully saturated rings. The Balaban J connectivity index is 0.000000553. The number of aliphatic hydroxyl groups excluding tert-OH is 8. The van der Waals surface area contributed by atoms with E-state index in [4.69, 9.17) is 54.1 Å². The fraction of sp³-hybridized carbons (Fsp3) is 0.929. The fourth-order valence-electron chi connectivity index (χ4n) is 2.57. The minimum atomic E-state index is -1.94. The molecule has 0 radical (unpaired) electrons. The monoisotopic (exact) mass is 503 g/mol. The van der Waals surface area contributed by atoms with Gasteiger partial charge in [-0.05, 0) is 0 Å². The van der Waals surface area contributed by atoms with E-state index in [2.05, 4.69) is 5.73 Å². The molecule has 0 aromatic heterocycles. The van der Waals surface area contributed by atoms with Crippen molar-refractivity contribution in [3.05, 3.63) is 0 Å². The molecule has 2 aliphatic heterocycles. The zero-order valence-electron chi connectivity index (χ0n) is 15.1. The predicted octanol–water partition coefficient (Wildman–Crippen LogP) is -4.56. The van der Waals surface area contributed by atoms with E-state index in [9.17, 15) is 40.5 Å². The average molecular weight is 505 g/mol. The summed E-state index contributed by atoms with van der Waals surface area (Å²) in [4.78, 5) is 9.85. The standard InChI is InChI=1S/C12H22O11.C2H2Cl3NO/c13-1-3-5(15)6(16)9(19)12(22-3)23-10-4(2-14)21-11(20)8(18)7(10)17;3-2(4,5)1(6)7/h3-20H,1-2H2;(H2,6,7)/t3-,4-,5+,6+,7-,8-,9-,10-,11?,12+;/m1./s1. The van der Waals surface area contributed by atoms with Crippen LogP contribution in [-0.4, -0.2) is 125 Å². The summed E-state index contributed by atoms with van der Waals surface area (Å²) < 4.78 is 13.3. The molecule has 0 saturated carbocycles. The second-order valence-corrected chi connectivity index (χ2v) is 8.67. The number of carbonyl (C=O) groups excluding carboxylic acids is 1. The molecule has 0 bridgehead atoms. The van der Waals surface area contributed by atoms with Crippen molar-refractivity contribution < 1.29 is 59.9 Å². The molecule has 10 N–H and O–H groups in total. The maximum atomic E-state index is 9.94. The van der Waals surface area contributed by atoms with Crippen LogP contribution < -0.4 is 5.73 Å². The molecule has 10 atom stereocenters. The number of rotatable bonds is 4. The highest BCUT2D eigenvalue weighted by Crippen LogP contribution is 2.28. The van der Waals surface area contributed by atoms with Crippen LogP contribution in [0.1, 0.15) is 0 Å². The number of primary amides is 1. The normalized spacial score (nSPS) is 42.2. The lowest BCUT2D eigenvalue weighted by Gasteiger charge is -2.45. The number of alkyl halides is 3. The Hall–Kier alpha value is -0.100. The largest absolute Gasteiger partial charge is 0.394 e. The van der Waals surface area contributed by atoms with Gasteiger partial charge in [0.05, 0.1) is 13.2 Å². The van der Waals surface area contributed by atoms with Crippen molar-refractivity contribution >= 4 is 40.7 Å². The Labute approximate surface area is 185 Å². The first-order chi connectivity index (χ1) is 13.8. The number of carbonyl (C=O) groups is 1. The highest BCUT2D eigenvalue weighted by atomic mass is 35.6. The molecule has 1 amide bonds. The number of hydrogen-bond donors (Lipinski definition) is 9. The smallest absolute Gasteiger partial charge is 0.269 e. The van der Waals surface area contributed by atoms with Gasteiger partial charge >= 0.3 is 0 Å². The Morgan fingerprint density at radius 2 is 1.33 bits per heavy atom. The van der Waals surface area contributed by atoms with Crippen LogP contribution in [0.4, 0.5) is 0 Å². The van der Waals surface area contributed by atoms with Crippen LogP contribution in [0.25, 0.3) is 0 Å². The Morgan fingerprint density at radius 1 is 0.833 bits per heavy atom. The molecule has 0 aromatic rings. The molecular weight excluding hydrogens is 481 g/mol. The van der Waals surface area contributed by atoms with Gasteiger partial charge in [0.2, 0.25) is 0 Å². The third kappa shape index (κ3) is 6.95. The van der Waals surface area contributed by atoms with Crippen LogP contribution in [-0.2, 0) is 19.0 Å². The first-order valence-corrected chi connectivity index (χ1v) is 9.52. The number of nitrogens with two attached hydrogens (primary N) is 1. The molecule has 2 saturated heterocycles. The highest BCUT2D eigenvalue weighted by molar-refractivity contribution is 6.76. The van der Waals surface area contributed by atoms with E-state index in [1.165, 1.54) is 0 Å². The van der Waals surface area contributed by atoms with Gasteiger partial charge in [-0.2, -0.15) is 0 Å². The maximum Gasteiger partial charge on any atom is 0.269 e. The fourth-order valence-corrected chi connectivity index (χ4v) is 2.57. The quantitative estimate of drug-likeness (QED) is 0.165. The van der Waals surface area contributed by atoms with Gasteiger partial charge in [0.15, 0.2) is 12.6 Å². The summed E-state index contributed by atoms with van der Waals surface area (Å²) in [5, 5.41) is 76.5. The maximum absolute atomic E-state index is 9.94. The van der Waals surface area contributed by atoms with Crippen molar-refractivity contribution in [2.24, 2.45) is 5.73 Å². The van der Waals surface area contributed by atoms with Crippen LogP contribution in [0.15, 0.2) is 0 Å². The lowest BCUT2D eigenvalue weighted by Crippen LogP contribution is -2.64. The summed E-state index contributed by atoms with van der Waals surface area (Å²) in [6, 6.07) is 0. The van der Waals surface area contributed by atoms with Crippen LogP contribution >= 0.6 is 34.8 Å². The van der Waals surface area contributed by atoms with E-state index in [1.807, 2.05) is 0 Å². The summed E-state index contributed by atoms with van der Waals surface area (Å²) in [6.07, 6.45) is -15.6. The van der Waals surface area contributed by atoms with E-state index >= 15 is 0 Å². The summed E-state index contributed by atoms with van der Waals surface area (Å²) in [5.41, 5.74) is 4.53. The van der Waals surface area contributed by atoms with E-state index in [0.717, 1.165) is 0 Å². The minimum Gasteiger partial charge on any atom is -0.394 e. The minimum absolute atomic E-state index is 0.667. The van der Waals surface area contributed by atoms with Crippen molar-refractivity contribution in [2.75, 3.05) is 13.2 Å². The number of amides is 1. The molecule has 0 aliphatic carbocycles. The SMILES string of the molecule is NC(=O)C(Cl)(Cl)Cl.OC[C@H]1O[C@@H](O[C@H]2[C@H](O)[C@@H](O)C(O)O[C@@H]2CO)[C@H](O)[C@@H](O)[C@H]1O. The molecule has 0 aromatic carbocycles. The average Bonchev–Trinajstić information content (AvgIpc) is 2.67. The van der Waals surface area contributed by atoms with Gasteiger partial charge < -0.3 is 60.8 Å². The van der Waals surface area contributed by atoms with Gasteiger partial charge in [-0.3, -0.25) is 4.79 Å². The molecule has 178 valence electrons. The van der Waals surface area contributed by atoms with E-state index in [0.29, 0.717) is 0 Å². The molecule has 2 aliphatic rings. The second kappa shape index (κ2) is 11.7. The molecule has 30 heavy (non-hydrogen) atoms. The first kappa shape index (κ1) is 27.9. The van der Waals surface area contributed by atoms with Gasteiger partial charge in [0.1, 0.15) is 48.8 Å². The Bertz CT molecular complexity index is 551. The zero-order valence-corrected chi connectivity index (χ0v) is 17.4. The first-order valence-electron chi connectivity index (χ1n) is 8.39. The van der Waals surface area contributed by atoms with E-state index < -0.39 is 84.3 Å². The number of aliphatic hydroxyl groups is 8. The van der Waals surface area contributed by atoms with Gasteiger partial charge in [-0.1, -0.05) is 34.8 Å². The van der Waals surface area contributed by atoms with Gasteiger partial charge in [-0.25, -0.2) is 0 Å². The number of halogens is 3. The second-order valence-electron chi connectivity index (χ2n) is 6.39. The summed E-state index contributed by atoms with van der Waals surface area (Å²) in [5.74, 6) is -0.961. The van der Waals surface area contributed by atoms with Crippen LogP contribution in [0.3, 0.4) is 0 Å². The summed E-state index contributed by atoms with van der Waals surface area (Å²) in [6.45, 7) is -1.35. The van der Waals surface area contributed by atoms with Crippen molar-refractivity contribution in [1.82, 2.24) is 0 Å². The molecule has 2 rings (SSSR count). The van der Waals surface area contributed by atoms with Crippen molar-refractivity contribution in [3.8, 4) is 0 Å². The Morgan fingerprint density at radius 3 is 1.77 bits per heavy atom. The third-order valence-corrected chi connectivity index (χ3v) is 4.82.